The van der Waals surface area contributed by atoms with Crippen molar-refractivity contribution >= 4 is 40.0 Å². The first-order chi connectivity index (χ1) is 13.7. The molecule has 0 aromatic heterocycles. The Bertz CT molecular complexity index is 756. The predicted octanol–water partition coefficient (Wildman–Crippen LogP) is 4.01. The molecule has 8 heteroatoms. The maximum absolute atomic E-state index is 12.0. The molecule has 0 radical (unpaired) electrons. The first-order valence-corrected chi connectivity index (χ1v) is 12.4. The van der Waals surface area contributed by atoms with Crippen LogP contribution in [0.4, 0.5) is 0 Å². The lowest BCUT2D eigenvalue weighted by molar-refractivity contribution is 0.250. The maximum Gasteiger partial charge on any atom is 0.216 e. The topological polar surface area (TPSA) is 82.6 Å². The summed E-state index contributed by atoms with van der Waals surface area (Å²) in [6, 6.07) is 8.07. The highest BCUT2D eigenvalue weighted by Crippen LogP contribution is 2.29. The molecule has 172 valence electrons. The number of halogens is 1. The van der Waals surface area contributed by atoms with E-state index in [1.165, 1.54) is 25.7 Å². The summed E-state index contributed by atoms with van der Waals surface area (Å²) in [5.41, 5.74) is 1.88. The van der Waals surface area contributed by atoms with Crippen LogP contribution < -0.4 is 15.4 Å². The Balaban J connectivity index is 0.00000450. The lowest BCUT2D eigenvalue weighted by Gasteiger charge is -2.32. The van der Waals surface area contributed by atoms with Crippen LogP contribution >= 0.6 is 24.0 Å². The Hall–Kier alpha value is -0.870. The lowest BCUT2D eigenvalue weighted by atomic mass is 9.80. The van der Waals surface area contributed by atoms with E-state index in [1.54, 1.807) is 7.05 Å². The molecular formula is C22H39IN4O2S. The summed E-state index contributed by atoms with van der Waals surface area (Å²) >= 11 is 0. The van der Waals surface area contributed by atoms with E-state index < -0.39 is 10.0 Å². The van der Waals surface area contributed by atoms with Crippen molar-refractivity contribution in [2.45, 2.75) is 77.8 Å². The second-order valence-corrected chi connectivity index (χ2v) is 10.5. The van der Waals surface area contributed by atoms with Gasteiger partial charge in [0.25, 0.3) is 0 Å². The summed E-state index contributed by atoms with van der Waals surface area (Å²) in [6.45, 7) is 8.94. The van der Waals surface area contributed by atoms with E-state index in [1.807, 2.05) is 38.1 Å². The third-order valence-corrected chi connectivity index (χ3v) is 7.08. The van der Waals surface area contributed by atoms with E-state index in [9.17, 15) is 8.42 Å². The zero-order valence-electron chi connectivity index (χ0n) is 18.9. The molecule has 0 heterocycles. The van der Waals surface area contributed by atoms with Crippen molar-refractivity contribution in [3.8, 4) is 0 Å². The van der Waals surface area contributed by atoms with Gasteiger partial charge in [-0.1, -0.05) is 38.1 Å². The van der Waals surface area contributed by atoms with Crippen molar-refractivity contribution in [2.75, 3.05) is 7.05 Å². The Morgan fingerprint density at radius 3 is 2.10 bits per heavy atom. The van der Waals surface area contributed by atoms with Gasteiger partial charge >= 0.3 is 0 Å². The van der Waals surface area contributed by atoms with Crippen LogP contribution in [-0.4, -0.2) is 33.5 Å². The van der Waals surface area contributed by atoms with Gasteiger partial charge in [-0.25, -0.2) is 13.1 Å². The van der Waals surface area contributed by atoms with Gasteiger partial charge in [0.1, 0.15) is 0 Å². The molecule has 0 atom stereocenters. The quantitative estimate of drug-likeness (QED) is 0.260. The summed E-state index contributed by atoms with van der Waals surface area (Å²) in [7, 11) is -1.50. The Kier molecular flexibility index (Phi) is 11.6. The number of aliphatic imine (C=N–C) groups is 1. The van der Waals surface area contributed by atoms with Gasteiger partial charge in [-0.15, -0.1) is 24.0 Å². The number of hydrogen-bond donors (Lipinski definition) is 3. The van der Waals surface area contributed by atoms with E-state index in [0.29, 0.717) is 12.6 Å². The van der Waals surface area contributed by atoms with E-state index >= 15 is 0 Å². The summed E-state index contributed by atoms with van der Waals surface area (Å²) in [5, 5.41) is 6.92. The minimum Gasteiger partial charge on any atom is -0.354 e. The number of guanidine groups is 1. The van der Waals surface area contributed by atoms with Gasteiger partial charge in [-0.2, -0.15) is 0 Å². The van der Waals surface area contributed by atoms with Gasteiger partial charge < -0.3 is 10.6 Å². The average molecular weight is 551 g/mol. The van der Waals surface area contributed by atoms with Crippen molar-refractivity contribution in [2.24, 2.45) is 16.8 Å². The van der Waals surface area contributed by atoms with Gasteiger partial charge in [0.2, 0.25) is 10.0 Å². The van der Waals surface area contributed by atoms with Crippen molar-refractivity contribution in [3.05, 3.63) is 35.4 Å². The van der Waals surface area contributed by atoms with Crippen molar-refractivity contribution in [1.29, 1.82) is 0 Å². The van der Waals surface area contributed by atoms with Crippen molar-refractivity contribution in [3.63, 3.8) is 0 Å². The van der Waals surface area contributed by atoms with Gasteiger partial charge in [-0.3, -0.25) is 4.99 Å². The molecule has 2 rings (SSSR count). The van der Waals surface area contributed by atoms with Gasteiger partial charge in [0.05, 0.1) is 5.75 Å². The standard InChI is InChI=1S/C22H38N4O2S.HI/c1-16(2)20-10-12-21(13-11-20)25-22(23-5)24-14-18-6-8-19(9-7-18)15-29(27,28)26-17(3)4;/h6-9,16-17,20-21,26H,10-15H2,1-5H3,(H2,23,24,25);1H. The van der Waals surface area contributed by atoms with E-state index in [2.05, 4.69) is 34.2 Å². The summed E-state index contributed by atoms with van der Waals surface area (Å²) in [5.74, 6) is 2.45. The highest BCUT2D eigenvalue weighted by Gasteiger charge is 2.23. The van der Waals surface area contributed by atoms with Crippen LogP contribution in [0, 0.1) is 11.8 Å². The first-order valence-electron chi connectivity index (χ1n) is 10.7. The van der Waals surface area contributed by atoms with Crippen LogP contribution in [-0.2, 0) is 22.3 Å². The molecule has 0 amide bonds. The van der Waals surface area contributed by atoms with Crippen LogP contribution in [0.5, 0.6) is 0 Å². The third kappa shape index (κ3) is 9.51. The van der Waals surface area contributed by atoms with E-state index in [-0.39, 0.29) is 35.8 Å². The van der Waals surface area contributed by atoms with Crippen LogP contribution in [0.25, 0.3) is 0 Å². The fourth-order valence-electron chi connectivity index (χ4n) is 3.88. The molecule has 1 aliphatic carbocycles. The molecule has 0 aliphatic heterocycles. The molecule has 1 saturated carbocycles. The SMILES string of the molecule is CN=C(NCc1ccc(CS(=O)(=O)NC(C)C)cc1)NC1CCC(C(C)C)CC1.I. The second-order valence-electron chi connectivity index (χ2n) is 8.77. The summed E-state index contributed by atoms with van der Waals surface area (Å²) < 4.78 is 26.7. The third-order valence-electron chi connectivity index (χ3n) is 5.53. The molecule has 30 heavy (non-hydrogen) atoms. The molecule has 1 aromatic rings. The predicted molar refractivity (Wildman–Crippen MR) is 137 cm³/mol. The molecular weight excluding hydrogens is 511 g/mol. The fraction of sp³-hybridized carbons (Fsp3) is 0.682. The minimum absolute atomic E-state index is 0. The number of rotatable bonds is 8. The largest absolute Gasteiger partial charge is 0.354 e. The number of nitrogens with zero attached hydrogens (tertiary/aromatic N) is 1. The van der Waals surface area contributed by atoms with Gasteiger partial charge in [-0.05, 0) is 62.5 Å². The minimum atomic E-state index is -3.30. The first kappa shape index (κ1) is 27.2. The Morgan fingerprint density at radius 2 is 1.60 bits per heavy atom. The summed E-state index contributed by atoms with van der Waals surface area (Å²) in [6.07, 6.45) is 4.94. The molecule has 1 fully saturated rings. The van der Waals surface area contributed by atoms with Gasteiger partial charge in [0, 0.05) is 25.7 Å². The maximum atomic E-state index is 12.0. The summed E-state index contributed by atoms with van der Waals surface area (Å²) in [4.78, 5) is 4.35. The molecule has 6 nitrogen and oxygen atoms in total. The number of benzene rings is 1. The molecule has 3 N–H and O–H groups in total. The monoisotopic (exact) mass is 550 g/mol. The number of sulfonamides is 1. The molecule has 1 aromatic carbocycles. The van der Waals surface area contributed by atoms with Crippen molar-refractivity contribution < 1.29 is 8.42 Å². The number of nitrogens with one attached hydrogen (secondary N) is 3. The Morgan fingerprint density at radius 1 is 1.03 bits per heavy atom. The molecule has 0 bridgehead atoms. The second kappa shape index (κ2) is 12.9. The molecule has 0 unspecified atom stereocenters. The van der Waals surface area contributed by atoms with Crippen LogP contribution in [0.15, 0.2) is 29.3 Å². The zero-order chi connectivity index (χ0) is 21.4. The number of hydrogen-bond acceptors (Lipinski definition) is 3. The van der Waals surface area contributed by atoms with Crippen LogP contribution in [0.3, 0.4) is 0 Å². The van der Waals surface area contributed by atoms with Crippen molar-refractivity contribution in [1.82, 2.24) is 15.4 Å². The highest BCUT2D eigenvalue weighted by molar-refractivity contribution is 14.0. The molecule has 0 saturated heterocycles. The average Bonchev–Trinajstić information content (AvgIpc) is 2.65. The molecule has 1 aliphatic rings. The van der Waals surface area contributed by atoms with Crippen LogP contribution in [0.1, 0.15) is 64.5 Å². The lowest BCUT2D eigenvalue weighted by Crippen LogP contribution is -2.44. The normalized spacial score (nSPS) is 20.2. The molecule has 0 spiro atoms. The fourth-order valence-corrected chi connectivity index (χ4v) is 5.31. The van der Waals surface area contributed by atoms with Crippen LogP contribution in [0.2, 0.25) is 0 Å². The van der Waals surface area contributed by atoms with E-state index in [4.69, 9.17) is 0 Å². The Labute approximate surface area is 200 Å². The van der Waals surface area contributed by atoms with E-state index in [0.717, 1.165) is 28.9 Å². The van der Waals surface area contributed by atoms with Gasteiger partial charge in [0.15, 0.2) is 5.96 Å². The zero-order valence-corrected chi connectivity index (χ0v) is 22.1. The smallest absolute Gasteiger partial charge is 0.216 e. The highest BCUT2D eigenvalue weighted by atomic mass is 127.